The standard InChI is InChI=1S/C18H20F2N4O3.ClH/c1-23-17(26)5-7-24(18(23)27)10-16(25)22-15-9-21-6-4-12(15)11-2-3-13(19)14(20)8-11;/h2-3,5,7-8,12,15,21H,4,6,9-10H2,1H3,(H,22,25);1H. The zero-order valence-corrected chi connectivity index (χ0v) is 16.0. The van der Waals surface area contributed by atoms with Gasteiger partial charge in [-0.05, 0) is 30.7 Å². The van der Waals surface area contributed by atoms with Gasteiger partial charge < -0.3 is 10.6 Å². The van der Waals surface area contributed by atoms with Crippen molar-refractivity contribution in [2.24, 2.45) is 7.05 Å². The van der Waals surface area contributed by atoms with Crippen LogP contribution in [-0.4, -0.2) is 34.2 Å². The first-order valence-corrected chi connectivity index (χ1v) is 8.58. The Morgan fingerprint density at radius 1 is 1.25 bits per heavy atom. The maximum Gasteiger partial charge on any atom is 0.331 e. The second-order valence-electron chi connectivity index (χ2n) is 6.57. The molecular weight excluding hydrogens is 394 g/mol. The van der Waals surface area contributed by atoms with Gasteiger partial charge in [-0.1, -0.05) is 6.07 Å². The molecule has 152 valence electrons. The van der Waals surface area contributed by atoms with Crippen molar-refractivity contribution in [3.63, 3.8) is 0 Å². The van der Waals surface area contributed by atoms with E-state index in [1.807, 2.05) is 0 Å². The summed E-state index contributed by atoms with van der Waals surface area (Å²) in [6, 6.07) is 4.63. The van der Waals surface area contributed by atoms with Crippen LogP contribution in [0.2, 0.25) is 0 Å². The third-order valence-electron chi connectivity index (χ3n) is 4.77. The van der Waals surface area contributed by atoms with Crippen molar-refractivity contribution >= 4 is 18.3 Å². The van der Waals surface area contributed by atoms with E-state index in [0.717, 1.165) is 21.3 Å². The van der Waals surface area contributed by atoms with Gasteiger partial charge in [-0.2, -0.15) is 0 Å². The Hall–Kier alpha value is -2.52. The number of carbonyl (C=O) groups excluding carboxylic acids is 1. The Balaban J connectivity index is 0.00000280. The molecule has 1 aromatic heterocycles. The van der Waals surface area contributed by atoms with Crippen molar-refractivity contribution in [2.45, 2.75) is 24.9 Å². The number of nitrogens with one attached hydrogen (secondary N) is 2. The van der Waals surface area contributed by atoms with Crippen molar-refractivity contribution < 1.29 is 13.6 Å². The summed E-state index contributed by atoms with van der Waals surface area (Å²) in [6.45, 7) is 0.918. The van der Waals surface area contributed by atoms with Crippen LogP contribution in [0.5, 0.6) is 0 Å². The van der Waals surface area contributed by atoms with Gasteiger partial charge in [0.15, 0.2) is 11.6 Å². The van der Waals surface area contributed by atoms with E-state index in [0.29, 0.717) is 25.1 Å². The first-order valence-electron chi connectivity index (χ1n) is 8.58. The molecule has 1 aliphatic rings. The highest BCUT2D eigenvalue weighted by molar-refractivity contribution is 5.85. The van der Waals surface area contributed by atoms with Crippen LogP contribution < -0.4 is 21.9 Å². The quantitative estimate of drug-likeness (QED) is 0.763. The Kier molecular flexibility index (Phi) is 7.09. The molecule has 1 amide bonds. The van der Waals surface area contributed by atoms with Crippen LogP contribution in [0, 0.1) is 11.6 Å². The molecule has 3 rings (SSSR count). The molecule has 1 fully saturated rings. The number of halogens is 3. The van der Waals surface area contributed by atoms with E-state index in [9.17, 15) is 23.2 Å². The average Bonchev–Trinajstić information content (AvgIpc) is 2.65. The van der Waals surface area contributed by atoms with Crippen molar-refractivity contribution in [2.75, 3.05) is 13.1 Å². The number of aromatic nitrogens is 2. The summed E-state index contributed by atoms with van der Waals surface area (Å²) in [7, 11) is 1.34. The molecule has 2 unspecified atom stereocenters. The minimum absolute atomic E-state index is 0. The van der Waals surface area contributed by atoms with Gasteiger partial charge in [-0.25, -0.2) is 13.6 Å². The van der Waals surface area contributed by atoms with E-state index < -0.39 is 28.8 Å². The number of piperidine rings is 1. The fourth-order valence-corrected chi connectivity index (χ4v) is 3.30. The number of rotatable bonds is 4. The number of hydrogen-bond donors (Lipinski definition) is 2. The molecule has 2 N–H and O–H groups in total. The molecule has 2 aromatic rings. The lowest BCUT2D eigenvalue weighted by Gasteiger charge is -2.33. The molecule has 2 heterocycles. The number of nitrogens with zero attached hydrogens (tertiary/aromatic N) is 2. The smallest absolute Gasteiger partial charge is 0.331 e. The van der Waals surface area contributed by atoms with Gasteiger partial charge in [-0.3, -0.25) is 18.7 Å². The molecule has 1 aromatic carbocycles. The summed E-state index contributed by atoms with van der Waals surface area (Å²) >= 11 is 0. The zero-order valence-electron chi connectivity index (χ0n) is 15.2. The van der Waals surface area contributed by atoms with E-state index in [4.69, 9.17) is 0 Å². The van der Waals surface area contributed by atoms with Crippen LogP contribution >= 0.6 is 12.4 Å². The summed E-state index contributed by atoms with van der Waals surface area (Å²) < 4.78 is 28.8. The lowest BCUT2D eigenvalue weighted by atomic mass is 9.86. The molecule has 1 aliphatic heterocycles. The van der Waals surface area contributed by atoms with Crippen LogP contribution in [0.4, 0.5) is 8.78 Å². The highest BCUT2D eigenvalue weighted by Crippen LogP contribution is 2.27. The lowest BCUT2D eigenvalue weighted by molar-refractivity contribution is -0.122. The van der Waals surface area contributed by atoms with Crippen LogP contribution in [0.25, 0.3) is 0 Å². The third kappa shape index (κ3) is 4.66. The number of benzene rings is 1. The van der Waals surface area contributed by atoms with Gasteiger partial charge >= 0.3 is 5.69 Å². The molecule has 0 radical (unpaired) electrons. The van der Waals surface area contributed by atoms with E-state index >= 15 is 0 Å². The van der Waals surface area contributed by atoms with E-state index in [-0.39, 0.29) is 30.9 Å². The first-order chi connectivity index (χ1) is 12.9. The van der Waals surface area contributed by atoms with E-state index in [2.05, 4.69) is 10.6 Å². The van der Waals surface area contributed by atoms with Crippen molar-refractivity contribution in [1.29, 1.82) is 0 Å². The van der Waals surface area contributed by atoms with Gasteiger partial charge in [0, 0.05) is 37.8 Å². The molecular formula is C18H21ClF2N4O3. The maximum absolute atomic E-state index is 13.6. The highest BCUT2D eigenvalue weighted by atomic mass is 35.5. The molecule has 0 spiro atoms. The molecule has 10 heteroatoms. The molecule has 0 bridgehead atoms. The van der Waals surface area contributed by atoms with Crippen LogP contribution in [0.1, 0.15) is 17.9 Å². The van der Waals surface area contributed by atoms with Gasteiger partial charge in [0.2, 0.25) is 5.91 Å². The molecule has 0 aliphatic carbocycles. The predicted octanol–water partition coefficient (Wildman–Crippen LogP) is 0.509. The summed E-state index contributed by atoms with van der Waals surface area (Å²) in [6.07, 6.45) is 1.92. The zero-order chi connectivity index (χ0) is 19.6. The normalized spacial score (nSPS) is 19.0. The fraction of sp³-hybridized carbons (Fsp3) is 0.389. The summed E-state index contributed by atoms with van der Waals surface area (Å²) in [5.41, 5.74) is -0.428. The van der Waals surface area contributed by atoms with Crippen molar-refractivity contribution in [1.82, 2.24) is 19.8 Å². The maximum atomic E-state index is 13.6. The minimum Gasteiger partial charge on any atom is -0.350 e. The second-order valence-corrected chi connectivity index (χ2v) is 6.57. The van der Waals surface area contributed by atoms with E-state index in [1.165, 1.54) is 25.4 Å². The Labute approximate surface area is 165 Å². The second kappa shape index (κ2) is 9.11. The number of amides is 1. The highest BCUT2D eigenvalue weighted by Gasteiger charge is 2.28. The molecule has 28 heavy (non-hydrogen) atoms. The Morgan fingerprint density at radius 3 is 2.71 bits per heavy atom. The van der Waals surface area contributed by atoms with Crippen molar-refractivity contribution in [3.8, 4) is 0 Å². The van der Waals surface area contributed by atoms with Crippen LogP contribution in [-0.2, 0) is 18.4 Å². The SMILES string of the molecule is Cl.Cn1c(=O)ccn(CC(=O)NC2CNCCC2c2ccc(F)c(F)c2)c1=O. The monoisotopic (exact) mass is 414 g/mol. The largest absolute Gasteiger partial charge is 0.350 e. The molecule has 2 atom stereocenters. The average molecular weight is 415 g/mol. The molecule has 0 saturated carbocycles. The first kappa shape index (κ1) is 21.8. The van der Waals surface area contributed by atoms with Gasteiger partial charge in [0.25, 0.3) is 5.56 Å². The molecule has 7 nitrogen and oxygen atoms in total. The van der Waals surface area contributed by atoms with E-state index in [1.54, 1.807) is 0 Å². The lowest BCUT2D eigenvalue weighted by Crippen LogP contribution is -2.51. The van der Waals surface area contributed by atoms with Gasteiger partial charge in [0.1, 0.15) is 6.54 Å². The summed E-state index contributed by atoms with van der Waals surface area (Å²) in [4.78, 5) is 35.9. The third-order valence-corrected chi connectivity index (χ3v) is 4.77. The Bertz CT molecular complexity index is 976. The van der Waals surface area contributed by atoms with Crippen molar-refractivity contribution in [3.05, 3.63) is 68.5 Å². The minimum atomic E-state index is -0.923. The van der Waals surface area contributed by atoms with Gasteiger partial charge in [-0.15, -0.1) is 12.4 Å². The Morgan fingerprint density at radius 2 is 2.00 bits per heavy atom. The summed E-state index contributed by atoms with van der Waals surface area (Å²) in [5, 5.41) is 6.01. The fourth-order valence-electron chi connectivity index (χ4n) is 3.30. The number of carbonyl (C=O) groups is 1. The number of hydrogen-bond acceptors (Lipinski definition) is 4. The summed E-state index contributed by atoms with van der Waals surface area (Å²) in [5.74, 6) is -2.42. The van der Waals surface area contributed by atoms with Crippen LogP contribution in [0.3, 0.4) is 0 Å². The predicted molar refractivity (Wildman–Crippen MR) is 102 cm³/mol. The van der Waals surface area contributed by atoms with Gasteiger partial charge in [0.05, 0.1) is 0 Å². The molecule has 1 saturated heterocycles. The van der Waals surface area contributed by atoms with Crippen LogP contribution in [0.15, 0.2) is 40.1 Å². The topological polar surface area (TPSA) is 85.1 Å².